The molecule has 0 bridgehead atoms. The van der Waals surface area contributed by atoms with E-state index in [2.05, 4.69) is 11.0 Å². The predicted octanol–water partition coefficient (Wildman–Crippen LogP) is 3.02. The van der Waals surface area contributed by atoms with Crippen LogP contribution in [0.4, 0.5) is 5.69 Å². The van der Waals surface area contributed by atoms with Crippen molar-refractivity contribution in [3.8, 4) is 0 Å². The van der Waals surface area contributed by atoms with Crippen LogP contribution in [0.3, 0.4) is 0 Å². The summed E-state index contributed by atoms with van der Waals surface area (Å²) in [5.41, 5.74) is 2.10. The standard InChI is InChI=1S/C14H17NO/c16-14-9-10-15(11-5-1-2-6-11)13-8-4-3-7-12(13)14/h3-4,7-8,11H,1-2,5-6,9-10H2. The van der Waals surface area contributed by atoms with Gasteiger partial charge in [-0.3, -0.25) is 4.79 Å². The molecule has 84 valence electrons. The molecule has 0 radical (unpaired) electrons. The van der Waals surface area contributed by atoms with E-state index in [1.54, 1.807) is 0 Å². The highest BCUT2D eigenvalue weighted by Gasteiger charge is 2.29. The first-order valence-electron chi connectivity index (χ1n) is 6.25. The van der Waals surface area contributed by atoms with Crippen molar-refractivity contribution in [2.75, 3.05) is 11.4 Å². The molecule has 2 aliphatic rings. The molecule has 16 heavy (non-hydrogen) atoms. The molecule has 2 nitrogen and oxygen atoms in total. The Balaban J connectivity index is 1.97. The van der Waals surface area contributed by atoms with Crippen LogP contribution in [-0.2, 0) is 0 Å². The molecule has 1 saturated carbocycles. The lowest BCUT2D eigenvalue weighted by molar-refractivity contribution is 0.0979. The smallest absolute Gasteiger partial charge is 0.166 e. The van der Waals surface area contributed by atoms with Crippen LogP contribution in [0.1, 0.15) is 42.5 Å². The fourth-order valence-corrected chi connectivity index (χ4v) is 3.03. The minimum atomic E-state index is 0.310. The largest absolute Gasteiger partial charge is 0.368 e. The molecule has 1 aromatic carbocycles. The van der Waals surface area contributed by atoms with E-state index in [-0.39, 0.29) is 0 Å². The van der Waals surface area contributed by atoms with Crippen LogP contribution in [0.15, 0.2) is 24.3 Å². The Morgan fingerprint density at radius 3 is 2.69 bits per heavy atom. The van der Waals surface area contributed by atoms with Gasteiger partial charge in [0, 0.05) is 30.3 Å². The molecule has 0 unspecified atom stereocenters. The zero-order chi connectivity index (χ0) is 11.0. The lowest BCUT2D eigenvalue weighted by Crippen LogP contribution is -2.39. The zero-order valence-electron chi connectivity index (χ0n) is 9.48. The zero-order valence-corrected chi connectivity index (χ0v) is 9.48. The van der Waals surface area contributed by atoms with Crippen LogP contribution >= 0.6 is 0 Å². The molecular formula is C14H17NO. The van der Waals surface area contributed by atoms with Crippen molar-refractivity contribution in [2.45, 2.75) is 38.1 Å². The topological polar surface area (TPSA) is 20.3 Å². The van der Waals surface area contributed by atoms with E-state index in [9.17, 15) is 4.79 Å². The maximum Gasteiger partial charge on any atom is 0.166 e. The van der Waals surface area contributed by atoms with Crippen molar-refractivity contribution >= 4 is 11.5 Å². The second-order valence-corrected chi connectivity index (χ2v) is 4.82. The van der Waals surface area contributed by atoms with Gasteiger partial charge in [0.25, 0.3) is 0 Å². The quantitative estimate of drug-likeness (QED) is 0.717. The number of para-hydroxylation sites is 1. The monoisotopic (exact) mass is 215 g/mol. The molecule has 0 atom stereocenters. The number of fused-ring (bicyclic) bond motifs is 1. The normalized spacial score (nSPS) is 21.2. The van der Waals surface area contributed by atoms with E-state index in [1.807, 2.05) is 18.2 Å². The summed E-state index contributed by atoms with van der Waals surface area (Å²) in [5.74, 6) is 0.310. The van der Waals surface area contributed by atoms with E-state index in [1.165, 1.54) is 31.4 Å². The number of rotatable bonds is 1. The second-order valence-electron chi connectivity index (χ2n) is 4.82. The lowest BCUT2D eigenvalue weighted by Gasteiger charge is -2.35. The summed E-state index contributed by atoms with van der Waals surface area (Å²) in [7, 11) is 0. The summed E-state index contributed by atoms with van der Waals surface area (Å²) >= 11 is 0. The molecule has 0 saturated heterocycles. The van der Waals surface area contributed by atoms with Gasteiger partial charge in [-0.15, -0.1) is 0 Å². The number of Topliss-reactive ketones (excluding diaryl/α,β-unsaturated/α-hetero) is 1. The predicted molar refractivity (Wildman–Crippen MR) is 65.0 cm³/mol. The maximum absolute atomic E-state index is 11.8. The number of hydrogen-bond acceptors (Lipinski definition) is 2. The highest BCUT2D eigenvalue weighted by Crippen LogP contribution is 2.33. The van der Waals surface area contributed by atoms with Gasteiger partial charge in [0.05, 0.1) is 0 Å². The third kappa shape index (κ3) is 1.53. The van der Waals surface area contributed by atoms with Gasteiger partial charge in [0.2, 0.25) is 0 Å². The molecule has 1 fully saturated rings. The van der Waals surface area contributed by atoms with Crippen LogP contribution in [0.2, 0.25) is 0 Å². The van der Waals surface area contributed by atoms with Crippen LogP contribution < -0.4 is 4.90 Å². The Morgan fingerprint density at radius 1 is 1.12 bits per heavy atom. The average molecular weight is 215 g/mol. The number of carbonyl (C=O) groups excluding carboxylic acids is 1. The van der Waals surface area contributed by atoms with Gasteiger partial charge in [-0.2, -0.15) is 0 Å². The number of hydrogen-bond donors (Lipinski definition) is 0. The van der Waals surface area contributed by atoms with Gasteiger partial charge < -0.3 is 4.90 Å². The van der Waals surface area contributed by atoms with Crippen LogP contribution in [-0.4, -0.2) is 18.4 Å². The minimum Gasteiger partial charge on any atom is -0.368 e. The van der Waals surface area contributed by atoms with E-state index >= 15 is 0 Å². The lowest BCUT2D eigenvalue weighted by atomic mass is 9.98. The molecule has 2 heteroatoms. The SMILES string of the molecule is O=C1CCN(C2CCCC2)c2ccccc21. The van der Waals surface area contributed by atoms with E-state index in [0.717, 1.165) is 12.1 Å². The van der Waals surface area contributed by atoms with E-state index < -0.39 is 0 Å². The molecule has 0 amide bonds. The number of benzene rings is 1. The van der Waals surface area contributed by atoms with Gasteiger partial charge in [-0.05, 0) is 25.0 Å². The third-order valence-electron chi connectivity index (χ3n) is 3.86. The summed E-state index contributed by atoms with van der Waals surface area (Å²) in [6, 6.07) is 8.76. The first-order valence-corrected chi connectivity index (χ1v) is 6.25. The first kappa shape index (κ1) is 9.88. The van der Waals surface area contributed by atoms with Crippen LogP contribution in [0.25, 0.3) is 0 Å². The van der Waals surface area contributed by atoms with Crippen LogP contribution in [0, 0.1) is 0 Å². The Bertz CT molecular complexity index is 407. The summed E-state index contributed by atoms with van der Waals surface area (Å²) in [6.45, 7) is 0.917. The third-order valence-corrected chi connectivity index (χ3v) is 3.86. The second kappa shape index (κ2) is 3.93. The molecule has 3 rings (SSSR count). The molecule has 1 heterocycles. The Labute approximate surface area is 96.3 Å². The van der Waals surface area contributed by atoms with Crippen molar-refractivity contribution in [3.63, 3.8) is 0 Å². The summed E-state index contributed by atoms with van der Waals surface area (Å²) in [5, 5.41) is 0. The fraction of sp³-hybridized carbons (Fsp3) is 0.500. The number of carbonyl (C=O) groups is 1. The molecule has 1 aliphatic heterocycles. The summed E-state index contributed by atoms with van der Waals surface area (Å²) < 4.78 is 0. The number of nitrogens with zero attached hydrogens (tertiary/aromatic N) is 1. The molecular weight excluding hydrogens is 198 g/mol. The Morgan fingerprint density at radius 2 is 1.88 bits per heavy atom. The maximum atomic E-state index is 11.8. The van der Waals surface area contributed by atoms with Gasteiger partial charge >= 0.3 is 0 Å². The molecule has 0 spiro atoms. The Hall–Kier alpha value is -1.31. The molecule has 1 aromatic rings. The van der Waals surface area contributed by atoms with Gasteiger partial charge in [-0.1, -0.05) is 25.0 Å². The van der Waals surface area contributed by atoms with Gasteiger partial charge in [0.1, 0.15) is 0 Å². The van der Waals surface area contributed by atoms with Crippen molar-refractivity contribution in [3.05, 3.63) is 29.8 Å². The minimum absolute atomic E-state index is 0.310. The molecule has 1 aliphatic carbocycles. The number of anilines is 1. The van der Waals surface area contributed by atoms with Crippen molar-refractivity contribution in [1.82, 2.24) is 0 Å². The Kier molecular flexibility index (Phi) is 2.43. The molecule has 0 aromatic heterocycles. The average Bonchev–Trinajstić information content (AvgIpc) is 2.83. The summed E-state index contributed by atoms with van der Waals surface area (Å²) in [4.78, 5) is 14.3. The fourth-order valence-electron chi connectivity index (χ4n) is 3.03. The van der Waals surface area contributed by atoms with E-state index in [4.69, 9.17) is 0 Å². The highest BCUT2D eigenvalue weighted by molar-refractivity contribution is 6.03. The van der Waals surface area contributed by atoms with Crippen molar-refractivity contribution in [2.24, 2.45) is 0 Å². The van der Waals surface area contributed by atoms with Gasteiger partial charge in [0.15, 0.2) is 5.78 Å². The first-order chi connectivity index (χ1) is 7.86. The highest BCUT2D eigenvalue weighted by atomic mass is 16.1. The van der Waals surface area contributed by atoms with E-state index in [0.29, 0.717) is 18.2 Å². The molecule has 0 N–H and O–H groups in total. The summed E-state index contributed by atoms with van der Waals surface area (Å²) in [6.07, 6.45) is 5.97. The van der Waals surface area contributed by atoms with Gasteiger partial charge in [-0.25, -0.2) is 0 Å². The van der Waals surface area contributed by atoms with Crippen molar-refractivity contribution in [1.29, 1.82) is 0 Å². The van der Waals surface area contributed by atoms with Crippen molar-refractivity contribution < 1.29 is 4.79 Å². The number of ketones is 1. The van der Waals surface area contributed by atoms with Crippen LogP contribution in [0.5, 0.6) is 0 Å².